The van der Waals surface area contributed by atoms with E-state index in [0.717, 1.165) is 32.1 Å². The Balaban J connectivity index is 2.02. The maximum Gasteiger partial charge on any atom is 0.305 e. The molecular formula is C15H22O2. The Hall–Kier alpha value is -1.31. The molecule has 0 aliphatic carbocycles. The molecule has 94 valence electrons. The van der Waals surface area contributed by atoms with Crippen LogP contribution >= 0.6 is 0 Å². The summed E-state index contributed by atoms with van der Waals surface area (Å²) in [4.78, 5) is 11.3. The van der Waals surface area contributed by atoms with Crippen LogP contribution in [0.4, 0.5) is 0 Å². The van der Waals surface area contributed by atoms with Gasteiger partial charge in [0, 0.05) is 6.42 Å². The second-order valence-electron chi connectivity index (χ2n) is 4.27. The highest BCUT2D eigenvalue weighted by atomic mass is 16.5. The highest BCUT2D eigenvalue weighted by molar-refractivity contribution is 5.69. The number of esters is 1. The van der Waals surface area contributed by atoms with Crippen LogP contribution in [0.2, 0.25) is 0 Å². The number of hydrogen-bond donors (Lipinski definition) is 0. The predicted molar refractivity (Wildman–Crippen MR) is 69.9 cm³/mol. The number of benzene rings is 1. The van der Waals surface area contributed by atoms with Crippen LogP contribution in [0.25, 0.3) is 0 Å². The lowest BCUT2D eigenvalue weighted by Crippen LogP contribution is -2.05. The van der Waals surface area contributed by atoms with E-state index in [0.29, 0.717) is 13.0 Å². The van der Waals surface area contributed by atoms with Crippen LogP contribution in [0.1, 0.15) is 44.6 Å². The van der Waals surface area contributed by atoms with Crippen molar-refractivity contribution in [3.63, 3.8) is 0 Å². The summed E-state index contributed by atoms with van der Waals surface area (Å²) in [6, 6.07) is 10.4. The molecule has 1 rings (SSSR count). The van der Waals surface area contributed by atoms with Crippen LogP contribution in [0, 0.1) is 0 Å². The largest absolute Gasteiger partial charge is 0.466 e. The molecule has 2 heteroatoms. The smallest absolute Gasteiger partial charge is 0.305 e. The van der Waals surface area contributed by atoms with Gasteiger partial charge in [-0.2, -0.15) is 0 Å². The number of carbonyl (C=O) groups is 1. The molecule has 0 aromatic heterocycles. The third-order valence-electron chi connectivity index (χ3n) is 2.70. The van der Waals surface area contributed by atoms with Gasteiger partial charge in [-0.1, -0.05) is 43.7 Å². The Morgan fingerprint density at radius 3 is 2.59 bits per heavy atom. The summed E-state index contributed by atoms with van der Waals surface area (Å²) in [6.45, 7) is 2.67. The molecule has 0 saturated carbocycles. The van der Waals surface area contributed by atoms with E-state index in [9.17, 15) is 4.79 Å². The summed E-state index contributed by atoms with van der Waals surface area (Å²) < 4.78 is 5.10. The van der Waals surface area contributed by atoms with Crippen molar-refractivity contribution in [3.05, 3.63) is 35.9 Å². The number of carbonyl (C=O) groups excluding carboxylic acids is 1. The standard InChI is InChI=1S/C15H22O2/c1-2-3-13-17-15(16)12-8-7-11-14-9-5-4-6-10-14/h4-6,9-10H,2-3,7-8,11-13H2,1H3. The normalized spacial score (nSPS) is 10.2. The molecule has 0 amide bonds. The van der Waals surface area contributed by atoms with Gasteiger partial charge in [0.05, 0.1) is 6.61 Å². The molecule has 0 radical (unpaired) electrons. The fraction of sp³-hybridized carbons (Fsp3) is 0.533. The van der Waals surface area contributed by atoms with E-state index in [-0.39, 0.29) is 5.97 Å². The lowest BCUT2D eigenvalue weighted by Gasteiger charge is -2.04. The molecule has 1 aromatic rings. The fourth-order valence-electron chi connectivity index (χ4n) is 1.65. The summed E-state index contributed by atoms with van der Waals surface area (Å²) in [5.74, 6) is -0.0495. The summed E-state index contributed by atoms with van der Waals surface area (Å²) in [7, 11) is 0. The predicted octanol–water partition coefficient (Wildman–Crippen LogP) is 3.74. The van der Waals surface area contributed by atoms with Crippen molar-refractivity contribution in [2.24, 2.45) is 0 Å². The second kappa shape index (κ2) is 8.80. The Labute approximate surface area is 104 Å². The molecule has 0 aliphatic heterocycles. The van der Waals surface area contributed by atoms with Crippen molar-refractivity contribution in [1.29, 1.82) is 0 Å². The Morgan fingerprint density at radius 2 is 1.88 bits per heavy atom. The molecule has 17 heavy (non-hydrogen) atoms. The third kappa shape index (κ3) is 6.77. The van der Waals surface area contributed by atoms with Crippen molar-refractivity contribution in [2.45, 2.75) is 45.4 Å². The minimum Gasteiger partial charge on any atom is -0.466 e. The monoisotopic (exact) mass is 234 g/mol. The minimum atomic E-state index is -0.0495. The van der Waals surface area contributed by atoms with Crippen molar-refractivity contribution in [3.8, 4) is 0 Å². The van der Waals surface area contributed by atoms with Gasteiger partial charge in [0.15, 0.2) is 0 Å². The fourth-order valence-corrected chi connectivity index (χ4v) is 1.65. The quantitative estimate of drug-likeness (QED) is 0.506. The van der Waals surface area contributed by atoms with Gasteiger partial charge in [0.1, 0.15) is 0 Å². The van der Waals surface area contributed by atoms with Gasteiger partial charge >= 0.3 is 5.97 Å². The molecule has 0 N–H and O–H groups in total. The lowest BCUT2D eigenvalue weighted by molar-refractivity contribution is -0.143. The first-order chi connectivity index (χ1) is 8.33. The number of aryl methyl sites for hydroxylation is 1. The Bertz CT molecular complexity index is 306. The first kappa shape index (κ1) is 13.8. The number of hydrogen-bond acceptors (Lipinski definition) is 2. The highest BCUT2D eigenvalue weighted by Crippen LogP contribution is 2.06. The molecular weight excluding hydrogens is 212 g/mol. The van der Waals surface area contributed by atoms with Gasteiger partial charge in [-0.3, -0.25) is 4.79 Å². The van der Waals surface area contributed by atoms with Gasteiger partial charge in [-0.05, 0) is 31.2 Å². The molecule has 0 unspecified atom stereocenters. The second-order valence-corrected chi connectivity index (χ2v) is 4.27. The summed E-state index contributed by atoms with van der Waals surface area (Å²) in [5, 5.41) is 0. The molecule has 0 atom stereocenters. The Kier molecular flexibility index (Phi) is 7.12. The van der Waals surface area contributed by atoms with E-state index in [1.165, 1.54) is 5.56 Å². The van der Waals surface area contributed by atoms with Crippen molar-refractivity contribution in [1.82, 2.24) is 0 Å². The van der Waals surface area contributed by atoms with E-state index >= 15 is 0 Å². The zero-order chi connectivity index (χ0) is 12.3. The van der Waals surface area contributed by atoms with Crippen LogP contribution in [0.15, 0.2) is 30.3 Å². The van der Waals surface area contributed by atoms with Crippen LogP contribution in [-0.2, 0) is 16.0 Å². The molecule has 1 aromatic carbocycles. The highest BCUT2D eigenvalue weighted by Gasteiger charge is 2.02. The molecule has 0 aliphatic rings. The maximum atomic E-state index is 11.3. The number of unbranched alkanes of at least 4 members (excludes halogenated alkanes) is 2. The molecule has 0 spiro atoms. The van der Waals surface area contributed by atoms with Crippen LogP contribution in [0.5, 0.6) is 0 Å². The molecule has 0 bridgehead atoms. The average Bonchev–Trinajstić information content (AvgIpc) is 2.36. The first-order valence-electron chi connectivity index (χ1n) is 6.52. The third-order valence-corrected chi connectivity index (χ3v) is 2.70. The summed E-state index contributed by atoms with van der Waals surface area (Å²) in [6.07, 6.45) is 5.60. The molecule has 0 saturated heterocycles. The van der Waals surface area contributed by atoms with Gasteiger partial charge in [0.2, 0.25) is 0 Å². The summed E-state index contributed by atoms with van der Waals surface area (Å²) >= 11 is 0. The van der Waals surface area contributed by atoms with E-state index < -0.39 is 0 Å². The Morgan fingerprint density at radius 1 is 1.12 bits per heavy atom. The minimum absolute atomic E-state index is 0.0495. The molecule has 2 nitrogen and oxygen atoms in total. The van der Waals surface area contributed by atoms with Crippen LogP contribution in [0.3, 0.4) is 0 Å². The van der Waals surface area contributed by atoms with Crippen molar-refractivity contribution < 1.29 is 9.53 Å². The lowest BCUT2D eigenvalue weighted by atomic mass is 10.1. The first-order valence-corrected chi connectivity index (χ1v) is 6.52. The number of ether oxygens (including phenoxy) is 1. The number of rotatable bonds is 8. The van der Waals surface area contributed by atoms with Crippen LogP contribution < -0.4 is 0 Å². The average molecular weight is 234 g/mol. The zero-order valence-electron chi connectivity index (χ0n) is 10.7. The van der Waals surface area contributed by atoms with E-state index in [1.54, 1.807) is 0 Å². The molecule has 0 fully saturated rings. The summed E-state index contributed by atoms with van der Waals surface area (Å²) in [5.41, 5.74) is 1.34. The zero-order valence-corrected chi connectivity index (χ0v) is 10.7. The van der Waals surface area contributed by atoms with Gasteiger partial charge in [-0.15, -0.1) is 0 Å². The van der Waals surface area contributed by atoms with E-state index in [2.05, 4.69) is 19.1 Å². The van der Waals surface area contributed by atoms with Gasteiger partial charge < -0.3 is 4.74 Å². The van der Waals surface area contributed by atoms with Crippen molar-refractivity contribution >= 4 is 5.97 Å². The van der Waals surface area contributed by atoms with Gasteiger partial charge in [-0.25, -0.2) is 0 Å². The van der Waals surface area contributed by atoms with E-state index in [4.69, 9.17) is 4.74 Å². The SMILES string of the molecule is CCCCOC(=O)CCCCc1ccccc1. The topological polar surface area (TPSA) is 26.3 Å². The maximum absolute atomic E-state index is 11.3. The van der Waals surface area contributed by atoms with Gasteiger partial charge in [0.25, 0.3) is 0 Å². The molecule has 0 heterocycles. The van der Waals surface area contributed by atoms with E-state index in [1.807, 2.05) is 18.2 Å². The van der Waals surface area contributed by atoms with Crippen molar-refractivity contribution in [2.75, 3.05) is 6.61 Å². The van der Waals surface area contributed by atoms with Crippen LogP contribution in [-0.4, -0.2) is 12.6 Å².